The van der Waals surface area contributed by atoms with Gasteiger partial charge in [0.1, 0.15) is 0 Å². The predicted octanol–water partition coefficient (Wildman–Crippen LogP) is 2.28. The van der Waals surface area contributed by atoms with E-state index in [9.17, 15) is 9.59 Å². The number of carbonyl (C=O) groups excluding carboxylic acids is 1. The Morgan fingerprint density at radius 3 is 2.59 bits per heavy atom. The minimum absolute atomic E-state index is 0.0840. The zero-order chi connectivity index (χ0) is 12.8. The zero-order valence-corrected chi connectivity index (χ0v) is 10.8. The fourth-order valence-corrected chi connectivity index (χ4v) is 2.52. The van der Waals surface area contributed by atoms with Crippen molar-refractivity contribution in [2.45, 2.75) is 57.9 Å². The molecule has 4 nitrogen and oxygen atoms in total. The molecule has 17 heavy (non-hydrogen) atoms. The summed E-state index contributed by atoms with van der Waals surface area (Å²) in [4.78, 5) is 24.1. The normalized spacial score (nSPS) is 24.4. The first-order valence-electron chi connectivity index (χ1n) is 6.48. The number of carbonyl (C=O) groups is 2. The van der Waals surface area contributed by atoms with E-state index in [1.54, 1.807) is 0 Å². The highest BCUT2D eigenvalue weighted by atomic mass is 16.4. The van der Waals surface area contributed by atoms with Crippen LogP contribution in [-0.2, 0) is 9.59 Å². The van der Waals surface area contributed by atoms with E-state index in [2.05, 4.69) is 6.92 Å². The maximum Gasteiger partial charge on any atom is 0.303 e. The third kappa shape index (κ3) is 4.75. The number of nitrogens with zero attached hydrogens (tertiary/aromatic N) is 1. The monoisotopic (exact) mass is 241 g/mol. The molecule has 1 rings (SSSR count). The summed E-state index contributed by atoms with van der Waals surface area (Å²) in [5, 5.41) is 8.52. The molecule has 0 bridgehead atoms. The number of carboxylic acid groups (broad SMARTS) is 1. The van der Waals surface area contributed by atoms with Crippen molar-refractivity contribution in [2.75, 3.05) is 7.05 Å². The molecule has 4 heteroatoms. The molecule has 1 aliphatic rings. The van der Waals surface area contributed by atoms with E-state index in [-0.39, 0.29) is 12.3 Å². The lowest BCUT2D eigenvalue weighted by Gasteiger charge is -2.34. The minimum atomic E-state index is -0.827. The van der Waals surface area contributed by atoms with Crippen molar-refractivity contribution in [2.24, 2.45) is 5.92 Å². The summed E-state index contributed by atoms with van der Waals surface area (Å²) in [5.41, 5.74) is 0. The van der Waals surface area contributed by atoms with Crippen molar-refractivity contribution in [3.05, 3.63) is 0 Å². The summed E-state index contributed by atoms with van der Waals surface area (Å²) in [6.45, 7) is 2.23. The molecule has 0 radical (unpaired) electrons. The van der Waals surface area contributed by atoms with Crippen LogP contribution in [0.1, 0.15) is 51.9 Å². The maximum atomic E-state index is 11.9. The van der Waals surface area contributed by atoms with Crippen LogP contribution in [0.5, 0.6) is 0 Å². The molecule has 98 valence electrons. The van der Waals surface area contributed by atoms with Crippen LogP contribution >= 0.6 is 0 Å². The molecule has 0 spiro atoms. The van der Waals surface area contributed by atoms with Gasteiger partial charge < -0.3 is 10.0 Å². The van der Waals surface area contributed by atoms with E-state index < -0.39 is 5.97 Å². The molecule has 1 fully saturated rings. The molecule has 0 saturated heterocycles. The van der Waals surface area contributed by atoms with Gasteiger partial charge in [0.2, 0.25) is 5.91 Å². The minimum Gasteiger partial charge on any atom is -0.481 e. The van der Waals surface area contributed by atoms with Gasteiger partial charge in [-0.2, -0.15) is 0 Å². The third-order valence-electron chi connectivity index (χ3n) is 3.63. The van der Waals surface area contributed by atoms with Gasteiger partial charge in [-0.15, -0.1) is 0 Å². The second kappa shape index (κ2) is 6.62. The zero-order valence-electron chi connectivity index (χ0n) is 10.8. The second-order valence-electron chi connectivity index (χ2n) is 5.18. The molecular weight excluding hydrogens is 218 g/mol. The smallest absolute Gasteiger partial charge is 0.303 e. The SMILES string of the molecule is CC1CCCC(N(C)C(=O)CCCC(=O)O)C1. The molecule has 0 aromatic heterocycles. The van der Waals surface area contributed by atoms with Gasteiger partial charge in [0.05, 0.1) is 0 Å². The molecule has 2 unspecified atom stereocenters. The van der Waals surface area contributed by atoms with E-state index in [4.69, 9.17) is 5.11 Å². The average molecular weight is 241 g/mol. The Hall–Kier alpha value is -1.06. The van der Waals surface area contributed by atoms with Crippen molar-refractivity contribution in [1.29, 1.82) is 0 Å². The van der Waals surface area contributed by atoms with Crippen molar-refractivity contribution in [1.82, 2.24) is 4.90 Å². The van der Waals surface area contributed by atoms with E-state index in [1.165, 1.54) is 12.8 Å². The van der Waals surface area contributed by atoms with Crippen molar-refractivity contribution < 1.29 is 14.7 Å². The van der Waals surface area contributed by atoms with E-state index >= 15 is 0 Å². The van der Waals surface area contributed by atoms with Crippen LogP contribution in [0.25, 0.3) is 0 Å². The standard InChI is InChI=1S/C13H23NO3/c1-10-5-3-6-11(9-10)14(2)12(15)7-4-8-13(16)17/h10-11H,3-9H2,1-2H3,(H,16,17). The lowest BCUT2D eigenvalue weighted by Crippen LogP contribution is -2.39. The highest BCUT2D eigenvalue weighted by Crippen LogP contribution is 2.27. The van der Waals surface area contributed by atoms with Gasteiger partial charge in [0, 0.05) is 25.9 Å². The largest absolute Gasteiger partial charge is 0.481 e. The molecule has 1 amide bonds. The highest BCUT2D eigenvalue weighted by Gasteiger charge is 2.24. The quantitative estimate of drug-likeness (QED) is 0.803. The first-order valence-corrected chi connectivity index (χ1v) is 6.48. The van der Waals surface area contributed by atoms with Crippen LogP contribution in [0.15, 0.2) is 0 Å². The summed E-state index contributed by atoms with van der Waals surface area (Å²) >= 11 is 0. The van der Waals surface area contributed by atoms with Crippen LogP contribution in [-0.4, -0.2) is 35.0 Å². The average Bonchev–Trinajstić information content (AvgIpc) is 2.27. The van der Waals surface area contributed by atoms with Gasteiger partial charge in [-0.3, -0.25) is 9.59 Å². The summed E-state index contributed by atoms with van der Waals surface area (Å²) in [7, 11) is 1.85. The highest BCUT2D eigenvalue weighted by molar-refractivity contribution is 5.77. The van der Waals surface area contributed by atoms with E-state index in [0.717, 1.165) is 12.8 Å². The van der Waals surface area contributed by atoms with Gasteiger partial charge in [0.25, 0.3) is 0 Å². The van der Waals surface area contributed by atoms with Gasteiger partial charge in [-0.1, -0.05) is 19.8 Å². The van der Waals surface area contributed by atoms with Crippen molar-refractivity contribution >= 4 is 11.9 Å². The van der Waals surface area contributed by atoms with E-state index in [0.29, 0.717) is 24.8 Å². The molecule has 1 N–H and O–H groups in total. The molecule has 0 aromatic carbocycles. The lowest BCUT2D eigenvalue weighted by molar-refractivity contribution is -0.137. The molecule has 2 atom stereocenters. The predicted molar refractivity (Wildman–Crippen MR) is 65.7 cm³/mol. The van der Waals surface area contributed by atoms with Crippen LogP contribution in [0, 0.1) is 5.92 Å². The van der Waals surface area contributed by atoms with Crippen LogP contribution in [0.2, 0.25) is 0 Å². The molecule has 1 saturated carbocycles. The molecular formula is C13H23NO3. The van der Waals surface area contributed by atoms with Crippen molar-refractivity contribution in [3.8, 4) is 0 Å². The van der Waals surface area contributed by atoms with Crippen LogP contribution < -0.4 is 0 Å². The van der Waals surface area contributed by atoms with E-state index in [1.807, 2.05) is 11.9 Å². The summed E-state index contributed by atoms with van der Waals surface area (Å²) in [6.07, 6.45) is 5.51. The number of amides is 1. The number of aliphatic carboxylic acids is 1. The van der Waals surface area contributed by atoms with Gasteiger partial charge in [-0.25, -0.2) is 0 Å². The molecule has 1 aliphatic carbocycles. The Morgan fingerprint density at radius 2 is 2.00 bits per heavy atom. The maximum absolute atomic E-state index is 11.9. The number of hydrogen-bond acceptors (Lipinski definition) is 2. The Morgan fingerprint density at radius 1 is 1.29 bits per heavy atom. The number of carboxylic acids is 1. The number of hydrogen-bond donors (Lipinski definition) is 1. The van der Waals surface area contributed by atoms with Crippen molar-refractivity contribution in [3.63, 3.8) is 0 Å². The Balaban J connectivity index is 2.32. The molecule has 0 heterocycles. The van der Waals surface area contributed by atoms with Gasteiger partial charge in [0.15, 0.2) is 0 Å². The van der Waals surface area contributed by atoms with Crippen LogP contribution in [0.4, 0.5) is 0 Å². The summed E-state index contributed by atoms with van der Waals surface area (Å²) < 4.78 is 0. The topological polar surface area (TPSA) is 57.6 Å². The fraction of sp³-hybridized carbons (Fsp3) is 0.846. The van der Waals surface area contributed by atoms with Gasteiger partial charge >= 0.3 is 5.97 Å². The second-order valence-corrected chi connectivity index (χ2v) is 5.18. The third-order valence-corrected chi connectivity index (χ3v) is 3.63. The lowest BCUT2D eigenvalue weighted by atomic mass is 9.86. The fourth-order valence-electron chi connectivity index (χ4n) is 2.52. The first kappa shape index (κ1) is 14.0. The number of rotatable bonds is 5. The van der Waals surface area contributed by atoms with Crippen LogP contribution in [0.3, 0.4) is 0 Å². The molecule has 0 aromatic rings. The summed E-state index contributed by atoms with van der Waals surface area (Å²) in [5.74, 6) is -0.0416. The Kier molecular flexibility index (Phi) is 5.45. The first-order chi connectivity index (χ1) is 8.00. The molecule has 0 aliphatic heterocycles. The summed E-state index contributed by atoms with van der Waals surface area (Å²) in [6, 6.07) is 0.357. The Labute approximate surface area is 103 Å². The van der Waals surface area contributed by atoms with Gasteiger partial charge in [-0.05, 0) is 25.2 Å². The Bertz CT molecular complexity index is 278.